The summed E-state index contributed by atoms with van der Waals surface area (Å²) in [4.78, 5) is 54.4. The summed E-state index contributed by atoms with van der Waals surface area (Å²) in [6.45, 7) is 7.36. The monoisotopic (exact) mass is 543 g/mol. The zero-order chi connectivity index (χ0) is 28.9. The molecule has 7 heteroatoms. The summed E-state index contributed by atoms with van der Waals surface area (Å²) in [6, 6.07) is 17.1. The van der Waals surface area contributed by atoms with E-state index >= 15 is 0 Å². The Bertz CT molecular complexity index is 1310. The number of amides is 1. The molecule has 1 amide bonds. The molecule has 0 radical (unpaired) electrons. The van der Waals surface area contributed by atoms with Crippen LogP contribution in [0.2, 0.25) is 0 Å². The van der Waals surface area contributed by atoms with Crippen molar-refractivity contribution in [3.63, 3.8) is 0 Å². The molecule has 1 aliphatic heterocycles. The fraction of sp³-hybridized carbons (Fsp3) is 0.394. The molecule has 210 valence electrons. The van der Waals surface area contributed by atoms with Crippen molar-refractivity contribution in [2.45, 2.75) is 78.0 Å². The zero-order valence-electron chi connectivity index (χ0n) is 23.6. The second kappa shape index (κ2) is 12.5. The largest absolute Gasteiger partial charge is 0.460 e. The van der Waals surface area contributed by atoms with Crippen molar-refractivity contribution in [1.82, 2.24) is 0 Å². The first kappa shape index (κ1) is 29.0. The van der Waals surface area contributed by atoms with Gasteiger partial charge in [-0.3, -0.25) is 19.2 Å². The molecule has 2 aromatic rings. The molecule has 1 saturated carbocycles. The van der Waals surface area contributed by atoms with E-state index in [4.69, 9.17) is 9.47 Å². The highest BCUT2D eigenvalue weighted by atomic mass is 16.6. The Morgan fingerprint density at radius 3 is 2.27 bits per heavy atom. The van der Waals surface area contributed by atoms with Crippen molar-refractivity contribution in [3.05, 3.63) is 89.5 Å². The summed E-state index contributed by atoms with van der Waals surface area (Å²) < 4.78 is 11.5. The van der Waals surface area contributed by atoms with E-state index < -0.39 is 35.6 Å². The summed E-state index contributed by atoms with van der Waals surface area (Å²) in [5.74, 6) is -1.45. The molecule has 2 aliphatic rings. The van der Waals surface area contributed by atoms with Crippen LogP contribution in [0.25, 0.3) is 0 Å². The first-order valence-electron chi connectivity index (χ1n) is 13.7. The summed E-state index contributed by atoms with van der Waals surface area (Å²) in [5, 5.41) is 0. The molecule has 1 aliphatic carbocycles. The number of anilines is 1. The van der Waals surface area contributed by atoms with Crippen LogP contribution in [0.1, 0.15) is 70.2 Å². The molecule has 2 fully saturated rings. The molecule has 4 rings (SSSR count). The van der Waals surface area contributed by atoms with Gasteiger partial charge in [-0.25, -0.2) is 0 Å². The molecule has 7 nitrogen and oxygen atoms in total. The number of carbonyl (C=O) groups excluding carboxylic acids is 4. The number of allylic oxidation sites excluding steroid dienone is 3. The Kier molecular flexibility index (Phi) is 9.03. The van der Waals surface area contributed by atoms with E-state index in [1.54, 1.807) is 41.3 Å². The van der Waals surface area contributed by atoms with Crippen molar-refractivity contribution in [2.24, 2.45) is 5.41 Å². The predicted molar refractivity (Wildman–Crippen MR) is 153 cm³/mol. The first-order chi connectivity index (χ1) is 19.1. The zero-order valence-corrected chi connectivity index (χ0v) is 23.6. The highest BCUT2D eigenvalue weighted by molar-refractivity contribution is 6.07. The average Bonchev–Trinajstić information content (AvgIpc) is 3.22. The Morgan fingerprint density at radius 2 is 1.65 bits per heavy atom. The lowest BCUT2D eigenvalue weighted by Crippen LogP contribution is -2.58. The minimum Gasteiger partial charge on any atom is -0.460 e. The second-order valence-corrected chi connectivity index (χ2v) is 11.0. The second-order valence-electron chi connectivity index (χ2n) is 11.0. The van der Waals surface area contributed by atoms with Gasteiger partial charge in [0.25, 0.3) is 5.91 Å². The third kappa shape index (κ3) is 6.41. The summed E-state index contributed by atoms with van der Waals surface area (Å²) in [6.07, 6.45) is 3.97. The average molecular weight is 544 g/mol. The van der Waals surface area contributed by atoms with E-state index in [-0.39, 0.29) is 31.0 Å². The lowest BCUT2D eigenvalue weighted by Gasteiger charge is -2.45. The van der Waals surface area contributed by atoms with Gasteiger partial charge in [0.2, 0.25) is 0 Å². The van der Waals surface area contributed by atoms with Crippen LogP contribution in [0.5, 0.6) is 0 Å². The third-order valence-electron chi connectivity index (χ3n) is 7.66. The molecule has 2 aromatic carbocycles. The summed E-state index contributed by atoms with van der Waals surface area (Å²) >= 11 is 0. The van der Waals surface area contributed by atoms with Crippen LogP contribution in [0.4, 0.5) is 5.69 Å². The molecule has 0 unspecified atom stereocenters. The Balaban J connectivity index is 1.71. The SMILES string of the molecule is CC(=O)O[C@H]1C[C@]2(CC(=O)O[C@@H]2/C=C(\C)CCC=C(C)C)C(=O)C[C@H]1N(C(=O)c1ccccc1)c1ccccc1. The number of esters is 2. The number of hydrogen-bond acceptors (Lipinski definition) is 6. The highest BCUT2D eigenvalue weighted by Gasteiger charge is 2.59. The lowest BCUT2D eigenvalue weighted by molar-refractivity contribution is -0.157. The normalized spacial score (nSPS) is 24.4. The topological polar surface area (TPSA) is 90.0 Å². The number of ether oxygens (including phenoxy) is 2. The fourth-order valence-corrected chi connectivity index (χ4v) is 5.72. The molecule has 1 saturated heterocycles. The van der Waals surface area contributed by atoms with Gasteiger partial charge in [0.15, 0.2) is 0 Å². The Labute approximate surface area is 235 Å². The number of rotatable bonds is 8. The van der Waals surface area contributed by atoms with Crippen LogP contribution in [0.15, 0.2) is 84.0 Å². The highest BCUT2D eigenvalue weighted by Crippen LogP contribution is 2.48. The maximum absolute atomic E-state index is 14.0. The standard InChI is InChI=1S/C33H37NO6/c1-22(2)12-11-13-23(3)18-30-33(21-31(37)40-30)20-28(39-24(4)35)27(19-29(33)36)34(26-16-9-6-10-17-26)32(38)25-14-7-5-8-15-25/h5-10,12,14-18,27-28,30H,11,13,19-21H2,1-4H3/b23-18+/t27-,28+,30-,33+/m1/s1. The van der Waals surface area contributed by atoms with Crippen LogP contribution in [-0.2, 0) is 23.9 Å². The van der Waals surface area contributed by atoms with Crippen LogP contribution in [0.3, 0.4) is 0 Å². The minimum atomic E-state index is -1.16. The minimum absolute atomic E-state index is 0.0790. The quantitative estimate of drug-likeness (QED) is 0.300. The van der Waals surface area contributed by atoms with Gasteiger partial charge in [0.1, 0.15) is 18.0 Å². The van der Waals surface area contributed by atoms with Gasteiger partial charge in [-0.1, -0.05) is 53.6 Å². The lowest BCUT2D eigenvalue weighted by atomic mass is 9.65. The Hall–Kier alpha value is -4.00. The third-order valence-corrected chi connectivity index (χ3v) is 7.66. The van der Waals surface area contributed by atoms with Gasteiger partial charge in [0.05, 0.1) is 17.9 Å². The van der Waals surface area contributed by atoms with E-state index in [1.807, 2.05) is 51.1 Å². The van der Waals surface area contributed by atoms with Crippen LogP contribution >= 0.6 is 0 Å². The molecule has 0 bridgehead atoms. The molecule has 1 spiro atoms. The smallest absolute Gasteiger partial charge is 0.307 e. The van der Waals surface area contributed by atoms with Crippen molar-refractivity contribution < 1.29 is 28.7 Å². The number of ketones is 1. The number of cyclic esters (lactones) is 1. The fourth-order valence-electron chi connectivity index (χ4n) is 5.72. The van der Waals surface area contributed by atoms with E-state index in [0.717, 1.165) is 18.4 Å². The van der Waals surface area contributed by atoms with Gasteiger partial charge >= 0.3 is 11.9 Å². The van der Waals surface area contributed by atoms with E-state index in [1.165, 1.54) is 12.5 Å². The summed E-state index contributed by atoms with van der Waals surface area (Å²) in [7, 11) is 0. The van der Waals surface area contributed by atoms with Gasteiger partial charge in [-0.05, 0) is 64.0 Å². The number of benzene rings is 2. The van der Waals surface area contributed by atoms with Crippen molar-refractivity contribution in [3.8, 4) is 0 Å². The molecular weight excluding hydrogens is 506 g/mol. The number of nitrogens with zero attached hydrogens (tertiary/aromatic N) is 1. The van der Waals surface area contributed by atoms with Gasteiger partial charge < -0.3 is 14.4 Å². The van der Waals surface area contributed by atoms with Crippen molar-refractivity contribution >= 4 is 29.3 Å². The molecule has 40 heavy (non-hydrogen) atoms. The maximum atomic E-state index is 14.0. The molecule has 0 N–H and O–H groups in total. The van der Waals surface area contributed by atoms with Crippen molar-refractivity contribution in [2.75, 3.05) is 4.90 Å². The summed E-state index contributed by atoms with van der Waals surface area (Å²) in [5.41, 5.74) is 2.12. The maximum Gasteiger partial charge on any atom is 0.307 e. The van der Waals surface area contributed by atoms with Gasteiger partial charge in [-0.2, -0.15) is 0 Å². The van der Waals surface area contributed by atoms with E-state index in [9.17, 15) is 19.2 Å². The molecule has 1 heterocycles. The number of Topliss-reactive ketones (excluding diaryl/α,β-unsaturated/α-hetero) is 1. The van der Waals surface area contributed by atoms with Crippen LogP contribution in [-0.4, -0.2) is 41.9 Å². The molecule has 4 atom stereocenters. The van der Waals surface area contributed by atoms with Crippen molar-refractivity contribution in [1.29, 1.82) is 0 Å². The number of carbonyl (C=O) groups is 4. The van der Waals surface area contributed by atoms with E-state index in [2.05, 4.69) is 6.08 Å². The molecule has 0 aromatic heterocycles. The molecular formula is C33H37NO6. The van der Waals surface area contributed by atoms with Crippen LogP contribution in [0, 0.1) is 5.41 Å². The van der Waals surface area contributed by atoms with Crippen LogP contribution < -0.4 is 4.90 Å². The van der Waals surface area contributed by atoms with Gasteiger partial charge in [0, 0.05) is 31.0 Å². The first-order valence-corrected chi connectivity index (χ1v) is 13.7. The predicted octanol–water partition coefficient (Wildman–Crippen LogP) is 5.99. The van der Waals surface area contributed by atoms with Gasteiger partial charge in [-0.15, -0.1) is 0 Å². The number of para-hydroxylation sites is 1. The Morgan fingerprint density at radius 1 is 1.00 bits per heavy atom. The number of hydrogen-bond donors (Lipinski definition) is 0. The van der Waals surface area contributed by atoms with E-state index in [0.29, 0.717) is 11.3 Å².